The van der Waals surface area contributed by atoms with Crippen molar-refractivity contribution in [2.24, 2.45) is 5.92 Å². The average Bonchev–Trinajstić information content (AvgIpc) is 2.60. The van der Waals surface area contributed by atoms with Crippen LogP contribution < -0.4 is 0 Å². The molecule has 1 fully saturated rings. The number of amides is 1. The summed E-state index contributed by atoms with van der Waals surface area (Å²) < 4.78 is 0. The molecule has 1 aliphatic heterocycles. The smallest absolute Gasteiger partial charge is 0.329 e. The Balaban J connectivity index is 2.97. The fraction of sp³-hybridized carbons (Fsp3) is 0.818. The lowest BCUT2D eigenvalue weighted by Gasteiger charge is -2.35. The van der Waals surface area contributed by atoms with Gasteiger partial charge in [0.1, 0.15) is 5.54 Å². The molecule has 86 valence electrons. The topological polar surface area (TPSA) is 57.6 Å². The lowest BCUT2D eigenvalue weighted by Crippen LogP contribution is -2.53. The minimum absolute atomic E-state index is 0.0447. The van der Waals surface area contributed by atoms with Gasteiger partial charge in [-0.15, -0.1) is 0 Å². The van der Waals surface area contributed by atoms with Crippen molar-refractivity contribution < 1.29 is 14.7 Å². The Morgan fingerprint density at radius 2 is 2.07 bits per heavy atom. The normalized spacial score (nSPS) is 26.0. The molecule has 4 heteroatoms. The lowest BCUT2D eigenvalue weighted by atomic mass is 9.92. The van der Waals surface area contributed by atoms with Gasteiger partial charge in [0.05, 0.1) is 0 Å². The molecule has 1 aliphatic rings. The summed E-state index contributed by atoms with van der Waals surface area (Å²) in [6.07, 6.45) is 1.86. The van der Waals surface area contributed by atoms with Gasteiger partial charge in [0.15, 0.2) is 0 Å². The van der Waals surface area contributed by atoms with Crippen molar-refractivity contribution in [2.45, 2.75) is 45.6 Å². The van der Waals surface area contributed by atoms with E-state index in [4.69, 9.17) is 0 Å². The molecule has 4 nitrogen and oxygen atoms in total. The molecule has 0 spiro atoms. The molecule has 1 rings (SSSR count). The molecule has 0 bridgehead atoms. The zero-order chi connectivity index (χ0) is 11.6. The Bertz CT molecular complexity index is 275. The molecule has 1 N–H and O–H groups in total. The highest BCUT2D eigenvalue weighted by Gasteiger charge is 2.48. The maximum Gasteiger partial charge on any atom is 0.329 e. The van der Waals surface area contributed by atoms with Gasteiger partial charge in [0.25, 0.3) is 0 Å². The van der Waals surface area contributed by atoms with Crippen LogP contribution in [0.4, 0.5) is 0 Å². The monoisotopic (exact) mass is 213 g/mol. The number of carbonyl (C=O) groups is 2. The number of carboxylic acids is 1. The number of nitrogens with zero attached hydrogens (tertiary/aromatic N) is 1. The fourth-order valence-electron chi connectivity index (χ4n) is 2.25. The quantitative estimate of drug-likeness (QED) is 0.772. The maximum absolute atomic E-state index is 11.9. The van der Waals surface area contributed by atoms with Gasteiger partial charge in [-0.3, -0.25) is 4.79 Å². The number of aliphatic carboxylic acids is 1. The van der Waals surface area contributed by atoms with E-state index in [9.17, 15) is 14.7 Å². The van der Waals surface area contributed by atoms with Crippen LogP contribution in [-0.2, 0) is 9.59 Å². The highest BCUT2D eigenvalue weighted by atomic mass is 16.4. The van der Waals surface area contributed by atoms with Gasteiger partial charge in [-0.1, -0.05) is 20.8 Å². The lowest BCUT2D eigenvalue weighted by molar-refractivity contribution is -0.158. The van der Waals surface area contributed by atoms with Crippen LogP contribution in [0.1, 0.15) is 40.0 Å². The molecule has 0 aromatic rings. The van der Waals surface area contributed by atoms with E-state index < -0.39 is 11.5 Å². The highest BCUT2D eigenvalue weighted by Crippen LogP contribution is 2.33. The Hall–Kier alpha value is -1.06. The average molecular weight is 213 g/mol. The van der Waals surface area contributed by atoms with E-state index in [1.807, 2.05) is 20.8 Å². The third kappa shape index (κ3) is 1.85. The molecule has 1 saturated heterocycles. The van der Waals surface area contributed by atoms with E-state index in [0.29, 0.717) is 19.4 Å². The molecule has 1 atom stereocenters. The minimum Gasteiger partial charge on any atom is -0.479 e. The summed E-state index contributed by atoms with van der Waals surface area (Å²) >= 11 is 0. The number of likely N-dealkylation sites (tertiary alicyclic amines) is 1. The van der Waals surface area contributed by atoms with E-state index in [0.717, 1.165) is 6.42 Å². The van der Waals surface area contributed by atoms with Crippen molar-refractivity contribution >= 4 is 11.9 Å². The summed E-state index contributed by atoms with van der Waals surface area (Å²) in [5.41, 5.74) is -0.943. The van der Waals surface area contributed by atoms with Crippen LogP contribution in [0.3, 0.4) is 0 Å². The highest BCUT2D eigenvalue weighted by molar-refractivity contribution is 5.88. The summed E-state index contributed by atoms with van der Waals surface area (Å²) in [7, 11) is 0. The molecule has 0 radical (unpaired) electrons. The Labute approximate surface area is 90.3 Å². The molecule has 1 amide bonds. The molecule has 0 aromatic heterocycles. The molecule has 0 aliphatic carbocycles. The number of hydrogen-bond donors (Lipinski definition) is 1. The zero-order valence-electron chi connectivity index (χ0n) is 9.62. The van der Waals surface area contributed by atoms with Crippen molar-refractivity contribution in [3.8, 4) is 0 Å². The Morgan fingerprint density at radius 1 is 1.47 bits per heavy atom. The Kier molecular flexibility index (Phi) is 3.37. The van der Waals surface area contributed by atoms with Gasteiger partial charge in [-0.25, -0.2) is 4.79 Å². The molecule has 1 unspecified atom stereocenters. The van der Waals surface area contributed by atoms with Crippen molar-refractivity contribution in [3.05, 3.63) is 0 Å². The van der Waals surface area contributed by atoms with Gasteiger partial charge in [-0.05, 0) is 19.3 Å². The Morgan fingerprint density at radius 3 is 2.47 bits per heavy atom. The van der Waals surface area contributed by atoms with Crippen LogP contribution in [0.15, 0.2) is 0 Å². The van der Waals surface area contributed by atoms with E-state index in [2.05, 4.69) is 0 Å². The number of carbonyl (C=O) groups excluding carboxylic acids is 1. The van der Waals surface area contributed by atoms with Crippen LogP contribution in [0, 0.1) is 5.92 Å². The molecule has 0 aromatic carbocycles. The zero-order valence-corrected chi connectivity index (χ0v) is 9.62. The SMILES string of the molecule is CCC1(C(=O)O)CCCN1C(=O)C(C)C. The minimum atomic E-state index is -0.943. The third-order valence-electron chi connectivity index (χ3n) is 3.23. The van der Waals surface area contributed by atoms with Gasteiger partial charge in [0, 0.05) is 12.5 Å². The van der Waals surface area contributed by atoms with Crippen LogP contribution in [0.2, 0.25) is 0 Å². The fourth-order valence-corrected chi connectivity index (χ4v) is 2.25. The first-order valence-corrected chi connectivity index (χ1v) is 5.50. The first-order valence-electron chi connectivity index (χ1n) is 5.50. The summed E-state index contributed by atoms with van der Waals surface area (Å²) in [6, 6.07) is 0. The molecular weight excluding hydrogens is 194 g/mol. The van der Waals surface area contributed by atoms with E-state index >= 15 is 0 Å². The second-order valence-corrected chi connectivity index (χ2v) is 4.44. The van der Waals surface area contributed by atoms with Crippen LogP contribution >= 0.6 is 0 Å². The second-order valence-electron chi connectivity index (χ2n) is 4.44. The predicted molar refractivity (Wildman–Crippen MR) is 56.4 cm³/mol. The third-order valence-corrected chi connectivity index (χ3v) is 3.23. The van der Waals surface area contributed by atoms with Gasteiger partial charge >= 0.3 is 5.97 Å². The summed E-state index contributed by atoms with van der Waals surface area (Å²) in [5, 5.41) is 9.27. The first-order chi connectivity index (χ1) is 6.95. The van der Waals surface area contributed by atoms with E-state index in [1.165, 1.54) is 0 Å². The van der Waals surface area contributed by atoms with Crippen LogP contribution in [0.5, 0.6) is 0 Å². The summed E-state index contributed by atoms with van der Waals surface area (Å²) in [5.74, 6) is -1.04. The molecule has 1 heterocycles. The maximum atomic E-state index is 11.9. The summed E-state index contributed by atoms with van der Waals surface area (Å²) in [6.45, 7) is 6.03. The van der Waals surface area contributed by atoms with E-state index in [1.54, 1.807) is 4.90 Å². The van der Waals surface area contributed by atoms with Gasteiger partial charge in [0.2, 0.25) is 5.91 Å². The second kappa shape index (κ2) is 4.21. The van der Waals surface area contributed by atoms with Crippen LogP contribution in [-0.4, -0.2) is 34.0 Å². The molecular formula is C11H19NO3. The van der Waals surface area contributed by atoms with E-state index in [-0.39, 0.29) is 11.8 Å². The summed E-state index contributed by atoms with van der Waals surface area (Å²) in [4.78, 5) is 24.7. The van der Waals surface area contributed by atoms with Gasteiger partial charge < -0.3 is 10.0 Å². The predicted octanol–water partition coefficient (Wildman–Crippen LogP) is 1.50. The largest absolute Gasteiger partial charge is 0.479 e. The van der Waals surface area contributed by atoms with Crippen molar-refractivity contribution in [2.75, 3.05) is 6.54 Å². The van der Waals surface area contributed by atoms with Crippen molar-refractivity contribution in [1.29, 1.82) is 0 Å². The molecule has 15 heavy (non-hydrogen) atoms. The number of hydrogen-bond acceptors (Lipinski definition) is 2. The van der Waals surface area contributed by atoms with Crippen molar-refractivity contribution in [3.63, 3.8) is 0 Å². The van der Waals surface area contributed by atoms with Crippen molar-refractivity contribution in [1.82, 2.24) is 4.90 Å². The van der Waals surface area contributed by atoms with Crippen LogP contribution in [0.25, 0.3) is 0 Å². The number of carboxylic acid groups (broad SMARTS) is 1. The first kappa shape index (κ1) is 12.0. The number of rotatable bonds is 3. The molecule has 0 saturated carbocycles. The standard InChI is InChI=1S/C11H19NO3/c1-4-11(10(14)15)6-5-7-12(11)9(13)8(2)3/h8H,4-7H2,1-3H3,(H,14,15). The van der Waals surface area contributed by atoms with Gasteiger partial charge in [-0.2, -0.15) is 0 Å².